The van der Waals surface area contributed by atoms with Crippen LogP contribution < -0.4 is 20.5 Å². The van der Waals surface area contributed by atoms with Crippen molar-refractivity contribution in [2.24, 2.45) is 5.92 Å². The summed E-state index contributed by atoms with van der Waals surface area (Å²) >= 11 is 0. The molecule has 0 bridgehead atoms. The summed E-state index contributed by atoms with van der Waals surface area (Å²) in [6.07, 6.45) is 5.13. The van der Waals surface area contributed by atoms with Gasteiger partial charge in [-0.1, -0.05) is 6.07 Å². The zero-order valence-corrected chi connectivity index (χ0v) is 20.9. The number of piperidine rings is 1. The molecule has 0 atom stereocenters. The Morgan fingerprint density at radius 1 is 1.14 bits per heavy atom. The Hall–Kier alpha value is -3.58. The maximum atomic E-state index is 13.0. The number of hydrogen-bond donors (Lipinski definition) is 2. The molecule has 0 unspecified atom stereocenters. The Morgan fingerprint density at radius 3 is 2.66 bits per heavy atom. The molecular formula is C28H34N4O3. The summed E-state index contributed by atoms with van der Waals surface area (Å²) in [7, 11) is 3.71. The molecule has 7 nitrogen and oxygen atoms in total. The molecule has 2 heterocycles. The van der Waals surface area contributed by atoms with Crippen LogP contribution >= 0.6 is 0 Å². The van der Waals surface area contributed by atoms with Gasteiger partial charge in [0.15, 0.2) is 5.75 Å². The van der Waals surface area contributed by atoms with Crippen LogP contribution in [0.5, 0.6) is 17.2 Å². The number of pyridine rings is 1. The van der Waals surface area contributed by atoms with Gasteiger partial charge in [0, 0.05) is 23.5 Å². The molecule has 0 saturated carbocycles. The number of nitrogens with zero attached hydrogens (tertiary/aromatic N) is 2. The smallest absolute Gasteiger partial charge is 0.255 e. The largest absolute Gasteiger partial charge is 0.492 e. The fourth-order valence-electron chi connectivity index (χ4n) is 4.49. The number of benzene rings is 2. The number of aryl methyl sites for hydroxylation is 2. The summed E-state index contributed by atoms with van der Waals surface area (Å²) < 4.78 is 11.6. The van der Waals surface area contributed by atoms with Gasteiger partial charge in [-0.2, -0.15) is 0 Å². The van der Waals surface area contributed by atoms with Crippen LogP contribution in [0.25, 0.3) is 0 Å². The van der Waals surface area contributed by atoms with Crippen LogP contribution in [-0.4, -0.2) is 43.0 Å². The molecule has 4 rings (SSSR count). The molecule has 1 aliphatic rings. The van der Waals surface area contributed by atoms with E-state index in [1.54, 1.807) is 18.3 Å². The molecule has 0 spiro atoms. The van der Waals surface area contributed by atoms with E-state index in [9.17, 15) is 4.79 Å². The maximum Gasteiger partial charge on any atom is 0.255 e. The molecule has 0 radical (unpaired) electrons. The number of likely N-dealkylation sites (tertiary alicyclic amines) is 1. The SMILES string of the molecule is COc1c(N)cc(C)cc1NC(=O)c1ccc(C)c(Oc2ccnc(CC3CCN(C)CC3)c2)c1. The van der Waals surface area contributed by atoms with E-state index in [0.717, 1.165) is 42.1 Å². The number of methoxy groups -OCH3 is 1. The van der Waals surface area contributed by atoms with Crippen molar-refractivity contribution < 1.29 is 14.3 Å². The second-order valence-electron chi connectivity index (χ2n) is 9.41. The third-order valence-corrected chi connectivity index (χ3v) is 6.52. The number of carbonyl (C=O) groups excluding carboxylic acids is 1. The number of amides is 1. The summed E-state index contributed by atoms with van der Waals surface area (Å²) in [5.41, 5.74) is 10.4. The second kappa shape index (κ2) is 10.8. The fraction of sp³-hybridized carbons (Fsp3) is 0.357. The first-order valence-electron chi connectivity index (χ1n) is 12.0. The maximum absolute atomic E-state index is 13.0. The first-order valence-corrected chi connectivity index (χ1v) is 12.0. The number of nitrogens with two attached hydrogens (primary N) is 1. The summed E-state index contributed by atoms with van der Waals surface area (Å²) in [5, 5.41) is 2.91. The highest BCUT2D eigenvalue weighted by atomic mass is 16.5. The van der Waals surface area contributed by atoms with Crippen LogP contribution in [0.4, 0.5) is 11.4 Å². The molecule has 3 aromatic rings. The number of nitrogens with one attached hydrogen (secondary N) is 1. The highest BCUT2D eigenvalue weighted by molar-refractivity contribution is 6.06. The third-order valence-electron chi connectivity index (χ3n) is 6.52. The van der Waals surface area contributed by atoms with Gasteiger partial charge in [-0.15, -0.1) is 0 Å². The van der Waals surface area contributed by atoms with Crippen LogP contribution in [0.15, 0.2) is 48.7 Å². The van der Waals surface area contributed by atoms with Crippen molar-refractivity contribution in [2.75, 3.05) is 38.3 Å². The van der Waals surface area contributed by atoms with E-state index in [4.69, 9.17) is 15.2 Å². The summed E-state index contributed by atoms with van der Waals surface area (Å²) in [6, 6.07) is 12.9. The van der Waals surface area contributed by atoms with Crippen LogP contribution in [0.2, 0.25) is 0 Å². The molecule has 1 aromatic heterocycles. The lowest BCUT2D eigenvalue weighted by Crippen LogP contribution is -2.31. The van der Waals surface area contributed by atoms with Gasteiger partial charge in [0.05, 0.1) is 18.5 Å². The zero-order valence-electron chi connectivity index (χ0n) is 20.9. The molecule has 0 aliphatic carbocycles. The molecule has 3 N–H and O–H groups in total. The van der Waals surface area contributed by atoms with Crippen molar-refractivity contribution in [1.29, 1.82) is 0 Å². The Morgan fingerprint density at radius 2 is 1.91 bits per heavy atom. The van der Waals surface area contributed by atoms with E-state index in [-0.39, 0.29) is 5.91 Å². The molecule has 35 heavy (non-hydrogen) atoms. The lowest BCUT2D eigenvalue weighted by molar-refractivity contribution is 0.102. The van der Waals surface area contributed by atoms with Crippen LogP contribution in [0, 0.1) is 19.8 Å². The minimum Gasteiger partial charge on any atom is -0.492 e. The monoisotopic (exact) mass is 474 g/mol. The average molecular weight is 475 g/mol. The summed E-state index contributed by atoms with van der Waals surface area (Å²) in [4.78, 5) is 20.0. The number of anilines is 2. The third kappa shape index (κ3) is 6.11. The van der Waals surface area contributed by atoms with E-state index in [0.29, 0.717) is 34.4 Å². The standard InChI is InChI=1S/C28H34N4O3/c1-18-13-24(29)27(34-4)25(14-18)31-28(33)21-6-5-19(2)26(16-21)35-23-7-10-30-22(17-23)15-20-8-11-32(3)12-9-20/h5-7,10,13-14,16-17,20H,8-9,11-12,15,29H2,1-4H3,(H,31,33). The molecule has 184 valence electrons. The predicted molar refractivity (Wildman–Crippen MR) is 140 cm³/mol. The van der Waals surface area contributed by atoms with Crippen molar-refractivity contribution >= 4 is 17.3 Å². The highest BCUT2D eigenvalue weighted by Gasteiger charge is 2.18. The van der Waals surface area contributed by atoms with Crippen molar-refractivity contribution in [3.05, 3.63) is 71.0 Å². The van der Waals surface area contributed by atoms with Gasteiger partial charge in [-0.25, -0.2) is 0 Å². The Bertz CT molecular complexity index is 1200. The first-order chi connectivity index (χ1) is 16.8. The number of nitrogen functional groups attached to an aromatic ring is 1. The van der Waals surface area contributed by atoms with Crippen LogP contribution in [0.3, 0.4) is 0 Å². The van der Waals surface area contributed by atoms with E-state index < -0.39 is 0 Å². The van der Waals surface area contributed by atoms with Gasteiger partial charge in [0.2, 0.25) is 0 Å². The molecular weight excluding hydrogens is 440 g/mol. The van der Waals surface area contributed by atoms with Crippen molar-refractivity contribution in [2.45, 2.75) is 33.1 Å². The number of carbonyl (C=O) groups is 1. The number of ether oxygens (including phenoxy) is 2. The van der Waals surface area contributed by atoms with Crippen LogP contribution in [-0.2, 0) is 6.42 Å². The molecule has 2 aromatic carbocycles. The zero-order chi connectivity index (χ0) is 24.9. The van der Waals surface area contributed by atoms with Gasteiger partial charge in [0.1, 0.15) is 11.5 Å². The Labute approximate surface area is 207 Å². The van der Waals surface area contributed by atoms with Gasteiger partial charge >= 0.3 is 0 Å². The van der Waals surface area contributed by atoms with E-state index in [1.807, 2.05) is 44.2 Å². The van der Waals surface area contributed by atoms with Gasteiger partial charge in [-0.3, -0.25) is 9.78 Å². The van der Waals surface area contributed by atoms with E-state index in [1.165, 1.54) is 20.0 Å². The highest BCUT2D eigenvalue weighted by Crippen LogP contribution is 2.33. The Kier molecular flexibility index (Phi) is 7.56. The number of rotatable bonds is 7. The van der Waals surface area contributed by atoms with Crippen molar-refractivity contribution in [3.63, 3.8) is 0 Å². The molecule has 1 saturated heterocycles. The predicted octanol–water partition coefficient (Wildman–Crippen LogP) is 5.22. The Balaban J connectivity index is 1.49. The lowest BCUT2D eigenvalue weighted by Gasteiger charge is -2.28. The quantitative estimate of drug-likeness (QED) is 0.457. The van der Waals surface area contributed by atoms with Gasteiger partial charge < -0.3 is 25.4 Å². The van der Waals surface area contributed by atoms with E-state index in [2.05, 4.69) is 22.2 Å². The van der Waals surface area contributed by atoms with Crippen molar-refractivity contribution in [3.8, 4) is 17.2 Å². The lowest BCUT2D eigenvalue weighted by atomic mass is 9.92. The normalized spacial score (nSPS) is 14.5. The van der Waals surface area contributed by atoms with Crippen LogP contribution in [0.1, 0.15) is 40.0 Å². The van der Waals surface area contributed by atoms with Crippen molar-refractivity contribution in [1.82, 2.24) is 9.88 Å². The van der Waals surface area contributed by atoms with Gasteiger partial charge in [-0.05, 0) is 101 Å². The molecule has 1 fully saturated rings. The average Bonchev–Trinajstić information content (AvgIpc) is 2.82. The fourth-order valence-corrected chi connectivity index (χ4v) is 4.49. The summed E-state index contributed by atoms with van der Waals surface area (Å²) in [6.45, 7) is 6.15. The first kappa shape index (κ1) is 24.5. The molecule has 7 heteroatoms. The minimum atomic E-state index is -0.268. The topological polar surface area (TPSA) is 89.7 Å². The molecule has 1 amide bonds. The minimum absolute atomic E-state index is 0.268. The summed E-state index contributed by atoms with van der Waals surface area (Å²) in [5.74, 6) is 2.18. The number of aromatic nitrogens is 1. The molecule has 1 aliphatic heterocycles. The van der Waals surface area contributed by atoms with Gasteiger partial charge in [0.25, 0.3) is 5.91 Å². The van der Waals surface area contributed by atoms with E-state index >= 15 is 0 Å². The second-order valence-corrected chi connectivity index (χ2v) is 9.41. The number of hydrogen-bond acceptors (Lipinski definition) is 6.